The topological polar surface area (TPSA) is 42.7 Å². The first kappa shape index (κ1) is 21.6. The molecule has 5 aromatic rings. The van der Waals surface area contributed by atoms with Gasteiger partial charge in [-0.05, 0) is 37.9 Å². The molecule has 36 heavy (non-hydrogen) atoms. The molecule has 1 aromatic heterocycles. The van der Waals surface area contributed by atoms with Gasteiger partial charge < -0.3 is 9.64 Å². The van der Waals surface area contributed by atoms with Crippen molar-refractivity contribution in [3.63, 3.8) is 0 Å². The van der Waals surface area contributed by atoms with Crippen LogP contribution in [0.3, 0.4) is 0 Å². The quantitative estimate of drug-likeness (QED) is 0.244. The van der Waals surface area contributed by atoms with Crippen LogP contribution < -0.4 is 9.64 Å². The highest BCUT2D eigenvalue weighted by molar-refractivity contribution is 5.85. The summed E-state index contributed by atoms with van der Waals surface area (Å²) in [5.41, 5.74) is 6.82. The van der Waals surface area contributed by atoms with Crippen molar-refractivity contribution in [1.82, 2.24) is 9.55 Å². The van der Waals surface area contributed by atoms with E-state index in [1.54, 1.807) is 0 Å². The number of para-hydroxylation sites is 4. The number of hydrogen-bond donors (Lipinski definition) is 0. The second-order valence-corrected chi connectivity index (χ2v) is 8.51. The fraction of sp³-hybridized carbons (Fsp3) is 0.0323. The fourth-order valence-corrected chi connectivity index (χ4v) is 4.65. The van der Waals surface area contributed by atoms with Crippen molar-refractivity contribution in [3.05, 3.63) is 115 Å². The van der Waals surface area contributed by atoms with Crippen LogP contribution in [0.5, 0.6) is 11.5 Å². The lowest BCUT2D eigenvalue weighted by molar-refractivity contribution is 0.476. The Bertz CT molecular complexity index is 1540. The number of ether oxygens (including phenoxy) is 1. The monoisotopic (exact) mass is 468 g/mol. The number of aliphatic imine (C=N–C) groups is 1. The van der Waals surface area contributed by atoms with Crippen molar-refractivity contribution in [2.24, 2.45) is 4.99 Å². The van der Waals surface area contributed by atoms with E-state index < -0.39 is 0 Å². The zero-order valence-corrected chi connectivity index (χ0v) is 19.9. The molecule has 4 aromatic carbocycles. The Balaban J connectivity index is 1.58. The molecular weight excluding hydrogens is 444 g/mol. The lowest BCUT2D eigenvalue weighted by Crippen LogP contribution is -2.19. The first-order valence-electron chi connectivity index (χ1n) is 11.8. The molecule has 0 aliphatic carbocycles. The number of fused-ring (bicyclic) bond motifs is 2. The van der Waals surface area contributed by atoms with E-state index in [4.69, 9.17) is 9.72 Å². The lowest BCUT2D eigenvalue weighted by atomic mass is 10.0. The first-order valence-corrected chi connectivity index (χ1v) is 11.8. The van der Waals surface area contributed by atoms with Crippen molar-refractivity contribution in [3.8, 4) is 34.0 Å². The molecule has 0 spiro atoms. The van der Waals surface area contributed by atoms with Crippen molar-refractivity contribution < 1.29 is 4.74 Å². The molecule has 0 saturated heterocycles. The molecule has 0 atom stereocenters. The van der Waals surface area contributed by atoms with Gasteiger partial charge in [0.2, 0.25) is 5.95 Å². The van der Waals surface area contributed by atoms with E-state index in [9.17, 15) is 0 Å². The van der Waals surface area contributed by atoms with Gasteiger partial charge in [-0.2, -0.15) is 0 Å². The Hall–Kier alpha value is -4.90. The molecule has 0 fully saturated rings. The van der Waals surface area contributed by atoms with E-state index in [2.05, 4.69) is 66.1 Å². The SMILES string of the molecule is C=Nc1nc(-c2ccccc2)c(-c2ccccc2)n1/C=C(\C)N1c2ccccc2Oc2ccccc21. The fourth-order valence-electron chi connectivity index (χ4n) is 4.65. The molecule has 0 radical (unpaired) electrons. The van der Waals surface area contributed by atoms with Crippen molar-refractivity contribution >= 4 is 30.2 Å². The average Bonchev–Trinajstić information content (AvgIpc) is 3.30. The van der Waals surface area contributed by atoms with Gasteiger partial charge in [-0.15, -0.1) is 0 Å². The normalized spacial score (nSPS) is 12.5. The highest BCUT2D eigenvalue weighted by Gasteiger charge is 2.26. The van der Waals surface area contributed by atoms with Crippen LogP contribution in [-0.2, 0) is 0 Å². The molecule has 0 amide bonds. The van der Waals surface area contributed by atoms with E-state index >= 15 is 0 Å². The summed E-state index contributed by atoms with van der Waals surface area (Å²) in [6, 6.07) is 36.6. The van der Waals surface area contributed by atoms with E-state index in [1.165, 1.54) is 0 Å². The predicted molar refractivity (Wildman–Crippen MR) is 147 cm³/mol. The van der Waals surface area contributed by atoms with Gasteiger partial charge in [0.25, 0.3) is 0 Å². The zero-order chi connectivity index (χ0) is 24.5. The standard InChI is InChI=1S/C31H24N4O/c1-22(35-25-17-9-11-19-27(25)36-28-20-12-10-18-26(28)35)21-34-30(24-15-7-4-8-16-24)29(33-31(34)32-2)23-13-5-3-6-14-23/h3-21H,2H2,1H3/b22-21+. The third kappa shape index (κ3) is 3.67. The summed E-state index contributed by atoms with van der Waals surface area (Å²) in [6.45, 7) is 5.91. The van der Waals surface area contributed by atoms with Crippen LogP contribution in [0.25, 0.3) is 28.7 Å². The summed E-state index contributed by atoms with van der Waals surface area (Å²) < 4.78 is 8.22. The third-order valence-corrected chi connectivity index (χ3v) is 6.23. The van der Waals surface area contributed by atoms with Gasteiger partial charge in [0, 0.05) is 23.0 Å². The molecule has 5 heteroatoms. The van der Waals surface area contributed by atoms with Gasteiger partial charge in [0.15, 0.2) is 11.5 Å². The van der Waals surface area contributed by atoms with Gasteiger partial charge in [-0.1, -0.05) is 84.9 Å². The second-order valence-electron chi connectivity index (χ2n) is 8.51. The maximum atomic E-state index is 6.19. The molecule has 6 rings (SSSR count). The number of rotatable bonds is 5. The number of imidazole rings is 1. The van der Waals surface area contributed by atoms with Crippen LogP contribution in [0.2, 0.25) is 0 Å². The van der Waals surface area contributed by atoms with Crippen LogP contribution in [0.15, 0.2) is 120 Å². The van der Waals surface area contributed by atoms with Crippen molar-refractivity contribution in [2.45, 2.75) is 6.92 Å². The Morgan fingerprint density at radius 2 is 1.28 bits per heavy atom. The molecule has 1 aliphatic heterocycles. The van der Waals surface area contributed by atoms with Crippen LogP contribution in [0, 0.1) is 0 Å². The number of aromatic nitrogens is 2. The maximum absolute atomic E-state index is 6.19. The van der Waals surface area contributed by atoms with Gasteiger partial charge in [0.1, 0.15) is 0 Å². The van der Waals surface area contributed by atoms with Crippen molar-refractivity contribution in [1.29, 1.82) is 0 Å². The van der Waals surface area contributed by atoms with E-state index in [-0.39, 0.29) is 0 Å². The first-order chi connectivity index (χ1) is 17.7. The molecule has 5 nitrogen and oxygen atoms in total. The summed E-state index contributed by atoms with van der Waals surface area (Å²) in [6.07, 6.45) is 2.07. The Morgan fingerprint density at radius 1 is 0.750 bits per heavy atom. The van der Waals surface area contributed by atoms with Crippen LogP contribution in [0.1, 0.15) is 6.92 Å². The summed E-state index contributed by atoms with van der Waals surface area (Å²) in [5.74, 6) is 2.15. The molecule has 1 aliphatic rings. The summed E-state index contributed by atoms with van der Waals surface area (Å²) >= 11 is 0. The summed E-state index contributed by atoms with van der Waals surface area (Å²) in [5, 5.41) is 0. The molecule has 0 saturated carbocycles. The molecular formula is C31H24N4O. The number of anilines is 2. The predicted octanol–water partition coefficient (Wildman–Crippen LogP) is 8.31. The van der Waals surface area contributed by atoms with Gasteiger partial charge in [-0.3, -0.25) is 4.57 Å². The second kappa shape index (κ2) is 9.04. The van der Waals surface area contributed by atoms with Gasteiger partial charge >= 0.3 is 0 Å². The minimum Gasteiger partial charge on any atom is -0.453 e. The summed E-state index contributed by atoms with van der Waals surface area (Å²) in [4.78, 5) is 11.4. The third-order valence-electron chi connectivity index (χ3n) is 6.23. The van der Waals surface area contributed by atoms with Gasteiger partial charge in [-0.25, -0.2) is 9.98 Å². The molecule has 0 unspecified atom stereocenters. The minimum absolute atomic E-state index is 0.530. The number of hydrogen-bond acceptors (Lipinski definition) is 4. The molecule has 2 heterocycles. The number of nitrogens with zero attached hydrogens (tertiary/aromatic N) is 4. The molecule has 174 valence electrons. The maximum Gasteiger partial charge on any atom is 0.234 e. The number of allylic oxidation sites excluding steroid dienone is 1. The van der Waals surface area contributed by atoms with E-state index in [0.717, 1.165) is 51.1 Å². The average molecular weight is 469 g/mol. The zero-order valence-electron chi connectivity index (χ0n) is 19.9. The summed E-state index contributed by atoms with van der Waals surface area (Å²) in [7, 11) is 0. The van der Waals surface area contributed by atoms with Crippen LogP contribution >= 0.6 is 0 Å². The van der Waals surface area contributed by atoms with E-state index in [0.29, 0.717) is 5.95 Å². The van der Waals surface area contributed by atoms with E-state index in [1.807, 2.05) is 77.4 Å². The lowest BCUT2D eigenvalue weighted by Gasteiger charge is -2.33. The number of benzene rings is 4. The van der Waals surface area contributed by atoms with Gasteiger partial charge in [0.05, 0.1) is 22.8 Å². The highest BCUT2D eigenvalue weighted by Crippen LogP contribution is 2.48. The molecule has 0 bridgehead atoms. The van der Waals surface area contributed by atoms with Crippen molar-refractivity contribution in [2.75, 3.05) is 4.90 Å². The Morgan fingerprint density at radius 3 is 1.86 bits per heavy atom. The largest absolute Gasteiger partial charge is 0.453 e. The molecule has 0 N–H and O–H groups in total. The Kier molecular flexibility index (Phi) is 5.43. The Labute approximate surface area is 210 Å². The van der Waals surface area contributed by atoms with Crippen LogP contribution in [-0.4, -0.2) is 16.3 Å². The van der Waals surface area contributed by atoms with Crippen LogP contribution in [0.4, 0.5) is 17.3 Å². The highest BCUT2D eigenvalue weighted by atomic mass is 16.5. The minimum atomic E-state index is 0.530. The smallest absolute Gasteiger partial charge is 0.234 e.